The molecule has 0 aliphatic carbocycles. The van der Waals surface area contributed by atoms with Gasteiger partial charge in [0.25, 0.3) is 0 Å². The van der Waals surface area contributed by atoms with Gasteiger partial charge < -0.3 is 19.5 Å². The maximum atomic E-state index is 12.7. The second-order valence-electron chi connectivity index (χ2n) is 7.72. The summed E-state index contributed by atoms with van der Waals surface area (Å²) < 4.78 is 7.25. The Morgan fingerprint density at radius 2 is 2.13 bits per heavy atom. The second-order valence-corrected chi connectivity index (χ2v) is 7.72. The van der Waals surface area contributed by atoms with E-state index in [1.807, 2.05) is 41.1 Å². The van der Waals surface area contributed by atoms with Crippen LogP contribution in [0.25, 0.3) is 11.3 Å². The monoisotopic (exact) mass is 420 g/mol. The molecule has 0 saturated carbocycles. The van der Waals surface area contributed by atoms with Gasteiger partial charge in [0.15, 0.2) is 0 Å². The van der Waals surface area contributed by atoms with Crippen molar-refractivity contribution >= 4 is 11.7 Å². The number of imidazole rings is 1. The summed E-state index contributed by atoms with van der Waals surface area (Å²) in [6.07, 6.45) is 9.84. The van der Waals surface area contributed by atoms with Crippen LogP contribution >= 0.6 is 0 Å². The van der Waals surface area contributed by atoms with Crippen LogP contribution in [-0.4, -0.2) is 52.2 Å². The van der Waals surface area contributed by atoms with Crippen LogP contribution in [0.1, 0.15) is 19.3 Å². The molecule has 1 fully saturated rings. The molecule has 4 rings (SSSR count). The van der Waals surface area contributed by atoms with Gasteiger partial charge in [-0.1, -0.05) is 0 Å². The van der Waals surface area contributed by atoms with E-state index in [0.29, 0.717) is 13.1 Å². The predicted octanol–water partition coefficient (Wildman–Crippen LogP) is 2.77. The summed E-state index contributed by atoms with van der Waals surface area (Å²) in [5, 5.41) is 3.09. The number of rotatable bonds is 8. The highest BCUT2D eigenvalue weighted by atomic mass is 16.5. The van der Waals surface area contributed by atoms with Gasteiger partial charge in [0.2, 0.25) is 5.91 Å². The van der Waals surface area contributed by atoms with Crippen LogP contribution in [0.4, 0.5) is 5.82 Å². The van der Waals surface area contributed by atoms with Crippen molar-refractivity contribution in [3.63, 3.8) is 0 Å². The third-order valence-corrected chi connectivity index (χ3v) is 5.61. The molecule has 8 nitrogen and oxygen atoms in total. The number of aryl methyl sites for hydroxylation is 1. The topological polar surface area (TPSA) is 85.2 Å². The van der Waals surface area contributed by atoms with Crippen LogP contribution in [-0.2, 0) is 11.3 Å². The van der Waals surface area contributed by atoms with E-state index in [4.69, 9.17) is 4.74 Å². The van der Waals surface area contributed by atoms with Crippen molar-refractivity contribution in [2.45, 2.75) is 25.8 Å². The number of nitrogens with one attached hydrogen (secondary N) is 1. The maximum Gasteiger partial charge on any atom is 0.224 e. The molecule has 1 amide bonds. The van der Waals surface area contributed by atoms with Gasteiger partial charge in [0, 0.05) is 50.2 Å². The lowest BCUT2D eigenvalue weighted by atomic mass is 9.97. The fourth-order valence-corrected chi connectivity index (χ4v) is 3.88. The predicted molar refractivity (Wildman–Crippen MR) is 119 cm³/mol. The molecule has 2 aromatic heterocycles. The van der Waals surface area contributed by atoms with E-state index in [1.165, 1.54) is 0 Å². The number of anilines is 1. The number of carbonyl (C=O) groups excluding carboxylic acids is 1. The molecule has 0 radical (unpaired) electrons. The van der Waals surface area contributed by atoms with E-state index in [-0.39, 0.29) is 11.8 Å². The minimum Gasteiger partial charge on any atom is -0.497 e. The number of amides is 1. The van der Waals surface area contributed by atoms with Crippen molar-refractivity contribution in [1.82, 2.24) is 24.8 Å². The van der Waals surface area contributed by atoms with Crippen LogP contribution in [0.2, 0.25) is 0 Å². The van der Waals surface area contributed by atoms with Crippen LogP contribution in [0.5, 0.6) is 5.75 Å². The van der Waals surface area contributed by atoms with E-state index >= 15 is 0 Å². The number of hydrogen-bond donors (Lipinski definition) is 1. The summed E-state index contributed by atoms with van der Waals surface area (Å²) in [6.45, 7) is 3.09. The highest BCUT2D eigenvalue weighted by Crippen LogP contribution is 2.26. The van der Waals surface area contributed by atoms with E-state index in [2.05, 4.69) is 25.2 Å². The Bertz CT molecular complexity index is 974. The summed E-state index contributed by atoms with van der Waals surface area (Å²) in [6, 6.07) is 9.81. The maximum absolute atomic E-state index is 12.7. The minimum atomic E-state index is -0.0265. The molecule has 1 saturated heterocycles. The summed E-state index contributed by atoms with van der Waals surface area (Å²) in [7, 11) is 1.65. The number of aromatic nitrogens is 4. The van der Waals surface area contributed by atoms with Crippen LogP contribution in [0.15, 0.2) is 55.4 Å². The zero-order valence-electron chi connectivity index (χ0n) is 17.8. The normalized spacial score (nSPS) is 16.2. The first kappa shape index (κ1) is 20.8. The Hall–Kier alpha value is -3.42. The molecule has 1 aromatic carbocycles. The number of nitrogens with zero attached hydrogens (tertiary/aromatic N) is 5. The SMILES string of the molecule is COc1ccc(-c2cc(N3CCC[C@@H](C(=O)NCCCn4ccnc4)C3)ncn2)cc1. The van der Waals surface area contributed by atoms with Crippen molar-refractivity contribution in [3.05, 3.63) is 55.4 Å². The smallest absolute Gasteiger partial charge is 0.224 e. The van der Waals surface area contributed by atoms with Crippen molar-refractivity contribution in [2.24, 2.45) is 5.92 Å². The lowest BCUT2D eigenvalue weighted by Crippen LogP contribution is -2.43. The molecule has 31 heavy (non-hydrogen) atoms. The Labute approximate surface area is 182 Å². The number of hydrogen-bond acceptors (Lipinski definition) is 6. The van der Waals surface area contributed by atoms with Gasteiger partial charge in [-0.15, -0.1) is 0 Å². The molecule has 1 aliphatic heterocycles. The van der Waals surface area contributed by atoms with Crippen molar-refractivity contribution < 1.29 is 9.53 Å². The molecular formula is C23H28N6O2. The lowest BCUT2D eigenvalue weighted by Gasteiger charge is -2.33. The Balaban J connectivity index is 1.33. The second kappa shape index (κ2) is 10.1. The van der Waals surface area contributed by atoms with E-state index in [1.54, 1.807) is 26.0 Å². The summed E-state index contributed by atoms with van der Waals surface area (Å²) in [4.78, 5) is 27.8. The standard InChI is InChI=1S/C23H28N6O2/c1-31-20-7-5-18(6-8-20)21-14-22(27-16-26-21)29-12-2-4-19(15-29)23(30)25-9-3-11-28-13-10-24-17-28/h5-8,10,13-14,16-17,19H,2-4,9,11-12,15H2,1H3,(H,25,30)/t19-/m1/s1. The molecule has 8 heteroatoms. The zero-order chi connectivity index (χ0) is 21.5. The highest BCUT2D eigenvalue weighted by Gasteiger charge is 2.26. The fraction of sp³-hybridized carbons (Fsp3) is 0.391. The van der Waals surface area contributed by atoms with Crippen molar-refractivity contribution in [2.75, 3.05) is 31.6 Å². The largest absolute Gasteiger partial charge is 0.497 e. The summed E-state index contributed by atoms with van der Waals surface area (Å²) >= 11 is 0. The molecule has 0 unspecified atom stereocenters. The molecule has 0 bridgehead atoms. The van der Waals surface area contributed by atoms with E-state index in [9.17, 15) is 4.79 Å². The van der Waals surface area contributed by atoms with Crippen LogP contribution in [0.3, 0.4) is 0 Å². The third-order valence-electron chi connectivity index (χ3n) is 5.61. The average Bonchev–Trinajstić information content (AvgIpc) is 3.35. The highest BCUT2D eigenvalue weighted by molar-refractivity contribution is 5.79. The zero-order valence-corrected chi connectivity index (χ0v) is 17.8. The van der Waals surface area contributed by atoms with Gasteiger partial charge in [0.1, 0.15) is 17.9 Å². The first-order chi connectivity index (χ1) is 15.2. The van der Waals surface area contributed by atoms with Crippen molar-refractivity contribution in [1.29, 1.82) is 0 Å². The van der Waals surface area contributed by atoms with E-state index < -0.39 is 0 Å². The Morgan fingerprint density at radius 1 is 1.26 bits per heavy atom. The lowest BCUT2D eigenvalue weighted by molar-refractivity contribution is -0.125. The number of benzene rings is 1. The molecule has 3 aromatic rings. The van der Waals surface area contributed by atoms with Crippen LogP contribution < -0.4 is 15.0 Å². The summed E-state index contributed by atoms with van der Waals surface area (Å²) in [5.74, 6) is 1.77. The van der Waals surface area contributed by atoms with Gasteiger partial charge in [-0.05, 0) is 43.5 Å². The number of methoxy groups -OCH3 is 1. The van der Waals surface area contributed by atoms with Crippen molar-refractivity contribution in [3.8, 4) is 17.0 Å². The molecule has 1 atom stereocenters. The van der Waals surface area contributed by atoms with Gasteiger partial charge in [-0.3, -0.25) is 4.79 Å². The van der Waals surface area contributed by atoms with Crippen LogP contribution in [0, 0.1) is 5.92 Å². The molecule has 162 valence electrons. The number of piperidine rings is 1. The van der Waals surface area contributed by atoms with Gasteiger partial charge in [-0.25, -0.2) is 15.0 Å². The summed E-state index contributed by atoms with van der Waals surface area (Å²) in [5.41, 5.74) is 1.87. The Morgan fingerprint density at radius 3 is 2.90 bits per heavy atom. The van der Waals surface area contributed by atoms with Gasteiger partial charge in [0.05, 0.1) is 25.0 Å². The average molecular weight is 421 g/mol. The molecule has 1 aliphatic rings. The third kappa shape index (κ3) is 5.39. The quantitative estimate of drug-likeness (QED) is 0.564. The number of carbonyl (C=O) groups is 1. The minimum absolute atomic E-state index is 0.0265. The van der Waals surface area contributed by atoms with Gasteiger partial charge in [-0.2, -0.15) is 0 Å². The molecular weight excluding hydrogens is 392 g/mol. The Kier molecular flexibility index (Phi) is 6.76. The fourth-order valence-electron chi connectivity index (χ4n) is 3.88. The number of ether oxygens (including phenoxy) is 1. The van der Waals surface area contributed by atoms with E-state index in [0.717, 1.165) is 55.2 Å². The molecule has 1 N–H and O–H groups in total. The molecule has 0 spiro atoms. The van der Waals surface area contributed by atoms with Gasteiger partial charge >= 0.3 is 0 Å². The molecule has 3 heterocycles. The first-order valence-electron chi connectivity index (χ1n) is 10.7. The first-order valence-corrected chi connectivity index (χ1v) is 10.7.